The summed E-state index contributed by atoms with van der Waals surface area (Å²) in [5.41, 5.74) is 0. The van der Waals surface area contributed by atoms with Gasteiger partial charge in [0.25, 0.3) is 0 Å². The fourth-order valence-corrected chi connectivity index (χ4v) is 2.83. The molecule has 104 valence electrons. The molecule has 1 fully saturated rings. The number of carbonyl (C=O) groups excluding carboxylic acids is 1. The topological polar surface area (TPSA) is 38.3 Å². The van der Waals surface area contributed by atoms with Crippen LogP contribution in [0.2, 0.25) is 25.7 Å². The second-order valence-corrected chi connectivity index (χ2v) is 12.0. The maximum atomic E-state index is 11.5. The van der Waals surface area contributed by atoms with Crippen molar-refractivity contribution in [2.45, 2.75) is 57.8 Å². The zero-order chi connectivity index (χ0) is 12.7. The first-order valence-corrected chi connectivity index (χ1v) is 10.6. The van der Waals surface area contributed by atoms with Gasteiger partial charge in [0.05, 0.1) is 6.61 Å². The van der Waals surface area contributed by atoms with E-state index < -0.39 is 8.07 Å². The number of rotatable bonds is 5. The van der Waals surface area contributed by atoms with Crippen molar-refractivity contribution in [1.82, 2.24) is 5.32 Å². The molecule has 1 saturated carbocycles. The van der Waals surface area contributed by atoms with Gasteiger partial charge in [-0.25, -0.2) is 4.79 Å². The predicted molar refractivity (Wildman–Crippen MR) is 82.1 cm³/mol. The number of alkyl carbamates (subject to hydrolysis) is 1. The first kappa shape index (κ1) is 18.7. The second kappa shape index (κ2) is 9.62. The summed E-state index contributed by atoms with van der Waals surface area (Å²) >= 11 is 0. The van der Waals surface area contributed by atoms with E-state index in [9.17, 15) is 4.79 Å². The molecular weight excluding hydrogens is 270 g/mol. The van der Waals surface area contributed by atoms with Crippen LogP contribution in [-0.4, -0.2) is 65.1 Å². The van der Waals surface area contributed by atoms with Gasteiger partial charge in [-0.3, -0.25) is 0 Å². The van der Waals surface area contributed by atoms with Crippen LogP contribution in [-0.2, 0) is 4.74 Å². The molecule has 5 heteroatoms. The van der Waals surface area contributed by atoms with E-state index in [1.54, 1.807) is 0 Å². The van der Waals surface area contributed by atoms with Crippen molar-refractivity contribution in [2.75, 3.05) is 13.2 Å². The minimum absolute atomic E-state index is 0. The number of hydrogen-bond donors (Lipinski definition) is 1. The Morgan fingerprint density at radius 1 is 1.28 bits per heavy atom. The Balaban J connectivity index is -0.000000963. The molecule has 0 atom stereocenters. The van der Waals surface area contributed by atoms with E-state index in [-0.39, 0.29) is 46.7 Å². The van der Waals surface area contributed by atoms with Gasteiger partial charge in [-0.1, -0.05) is 38.9 Å². The van der Waals surface area contributed by atoms with Gasteiger partial charge in [0.1, 0.15) is 0 Å². The Kier molecular flexibility index (Phi) is 10.0. The molecule has 0 heterocycles. The average Bonchev–Trinajstić information content (AvgIpc) is 2.26. The normalized spacial score (nSPS) is 16.8. The van der Waals surface area contributed by atoms with Crippen LogP contribution in [0.1, 0.15) is 35.0 Å². The van der Waals surface area contributed by atoms with Gasteiger partial charge in [0.2, 0.25) is 0 Å². The largest absolute Gasteiger partial charge is 2.00 e. The Labute approximate surface area is 145 Å². The number of ether oxygens (including phenoxy) is 1. The maximum Gasteiger partial charge on any atom is 2.00 e. The van der Waals surface area contributed by atoms with Crippen molar-refractivity contribution >= 4 is 51.9 Å². The average molecular weight is 300 g/mol. The van der Waals surface area contributed by atoms with Crippen molar-refractivity contribution in [2.24, 2.45) is 5.92 Å². The summed E-state index contributed by atoms with van der Waals surface area (Å²) in [6, 6.07) is 1.05. The maximum absolute atomic E-state index is 11.5. The van der Waals surface area contributed by atoms with Crippen LogP contribution in [0.25, 0.3) is 0 Å². The molecule has 0 aliphatic heterocycles. The van der Waals surface area contributed by atoms with Crippen LogP contribution in [0.4, 0.5) is 4.79 Å². The quantitative estimate of drug-likeness (QED) is 0.789. The summed E-state index contributed by atoms with van der Waals surface area (Å²) in [7, 11) is -1.08. The van der Waals surface area contributed by atoms with E-state index in [1.807, 2.05) is 0 Å². The molecular formula is C13H29CaNO2Si. The smallest absolute Gasteiger partial charge is 1.00 e. The van der Waals surface area contributed by atoms with Crippen LogP contribution >= 0.6 is 0 Å². The predicted octanol–water partition coefficient (Wildman–Crippen LogP) is 3.48. The summed E-state index contributed by atoms with van der Waals surface area (Å²) in [5.74, 6) is 0.674. The van der Waals surface area contributed by atoms with E-state index in [1.165, 1.54) is 32.1 Å². The fraction of sp³-hybridized carbons (Fsp3) is 0.923. The van der Waals surface area contributed by atoms with Crippen LogP contribution in [0, 0.1) is 5.92 Å². The molecule has 0 bridgehead atoms. The summed E-state index contributed by atoms with van der Waals surface area (Å²) in [6.45, 7) is 8.24. The molecule has 1 aliphatic rings. The Morgan fingerprint density at radius 3 is 2.44 bits per heavy atom. The molecule has 1 amide bonds. The van der Waals surface area contributed by atoms with Crippen molar-refractivity contribution in [3.63, 3.8) is 0 Å². The van der Waals surface area contributed by atoms with E-state index in [2.05, 4.69) is 25.0 Å². The molecule has 0 saturated heterocycles. The first-order valence-electron chi connectivity index (χ1n) is 6.88. The third-order valence-electron chi connectivity index (χ3n) is 3.35. The monoisotopic (exact) mass is 299 g/mol. The molecule has 1 rings (SSSR count). The van der Waals surface area contributed by atoms with Gasteiger partial charge in [0.15, 0.2) is 0 Å². The van der Waals surface area contributed by atoms with Crippen molar-refractivity contribution in [3.8, 4) is 0 Å². The number of amides is 1. The van der Waals surface area contributed by atoms with Gasteiger partial charge >= 0.3 is 43.8 Å². The SMILES string of the molecule is C[Si](C)(C)CCOC(=O)NCC1CCCCC1.[Ca+2].[H-].[H-]. The minimum atomic E-state index is -1.08. The number of nitrogens with one attached hydrogen (secondary N) is 1. The molecule has 3 nitrogen and oxygen atoms in total. The molecule has 0 spiro atoms. The van der Waals surface area contributed by atoms with E-state index >= 15 is 0 Å². The number of hydrogen-bond acceptors (Lipinski definition) is 2. The third kappa shape index (κ3) is 9.65. The zero-order valence-corrected chi connectivity index (χ0v) is 15.5. The van der Waals surface area contributed by atoms with Crippen LogP contribution in [0.15, 0.2) is 0 Å². The Bertz CT molecular complexity index is 247. The van der Waals surface area contributed by atoms with Crippen molar-refractivity contribution < 1.29 is 12.4 Å². The van der Waals surface area contributed by atoms with Gasteiger partial charge < -0.3 is 12.9 Å². The van der Waals surface area contributed by atoms with Crippen molar-refractivity contribution in [1.29, 1.82) is 0 Å². The molecule has 1 aliphatic carbocycles. The van der Waals surface area contributed by atoms with Crippen LogP contribution in [0.5, 0.6) is 0 Å². The summed E-state index contributed by atoms with van der Waals surface area (Å²) < 4.78 is 5.19. The van der Waals surface area contributed by atoms with Gasteiger partial charge in [-0.15, -0.1) is 0 Å². The Hall–Kier alpha value is 0.747. The molecule has 0 aromatic rings. The summed E-state index contributed by atoms with van der Waals surface area (Å²) in [4.78, 5) is 11.5. The van der Waals surface area contributed by atoms with Gasteiger partial charge in [-0.2, -0.15) is 0 Å². The molecule has 0 aromatic heterocycles. The van der Waals surface area contributed by atoms with Gasteiger partial charge in [-0.05, 0) is 24.8 Å². The molecule has 0 aromatic carbocycles. The van der Waals surface area contributed by atoms with Crippen LogP contribution in [0.3, 0.4) is 0 Å². The van der Waals surface area contributed by atoms with E-state index in [0.717, 1.165) is 12.6 Å². The fourth-order valence-electron chi connectivity index (χ4n) is 2.12. The molecule has 18 heavy (non-hydrogen) atoms. The summed E-state index contributed by atoms with van der Waals surface area (Å²) in [6.07, 6.45) is 6.28. The molecule has 0 unspecified atom stereocenters. The summed E-state index contributed by atoms with van der Waals surface area (Å²) in [5, 5.41) is 2.89. The third-order valence-corrected chi connectivity index (χ3v) is 5.05. The zero-order valence-electron chi connectivity index (χ0n) is 14.3. The van der Waals surface area contributed by atoms with Gasteiger partial charge in [0, 0.05) is 14.6 Å². The second-order valence-electron chi connectivity index (χ2n) is 6.33. The number of carbonyl (C=O) groups is 1. The minimum Gasteiger partial charge on any atom is -1.00 e. The standard InChI is InChI=1S/C13H27NO2Si.Ca.2H/c1-17(2,3)10-9-16-13(15)14-11-12-7-5-4-6-8-12;;;/h12H,4-11H2,1-3H3,(H,14,15);;;/q;+2;2*-1. The van der Waals surface area contributed by atoms with E-state index in [4.69, 9.17) is 4.74 Å². The molecule has 1 N–H and O–H groups in total. The first-order chi connectivity index (χ1) is 7.97. The van der Waals surface area contributed by atoms with Crippen molar-refractivity contribution in [3.05, 3.63) is 0 Å². The van der Waals surface area contributed by atoms with E-state index in [0.29, 0.717) is 12.5 Å². The Morgan fingerprint density at radius 2 is 1.89 bits per heavy atom. The molecule has 0 radical (unpaired) electrons. The van der Waals surface area contributed by atoms with Crippen LogP contribution < -0.4 is 5.32 Å².